The molecule has 0 atom stereocenters. The molecule has 0 saturated heterocycles. The highest BCUT2D eigenvalue weighted by molar-refractivity contribution is 8.00. The van der Waals surface area contributed by atoms with Gasteiger partial charge >= 0.3 is 0 Å². The van der Waals surface area contributed by atoms with Crippen LogP contribution in [-0.2, 0) is 10.0 Å². The highest BCUT2D eigenvalue weighted by atomic mass is 32.2. The first kappa shape index (κ1) is 14.5. The Kier molecular flexibility index (Phi) is 5.44. The first-order valence-corrected chi connectivity index (χ1v) is 8.06. The van der Waals surface area contributed by atoms with Crippen molar-refractivity contribution in [2.24, 2.45) is 4.40 Å². The molecule has 0 spiro atoms. The SMILES string of the molecule is CN(C)/C=N/S(=O)(=O)c1sccc1SCCO. The maximum Gasteiger partial charge on any atom is 0.294 e. The molecule has 96 valence electrons. The molecule has 17 heavy (non-hydrogen) atoms. The molecule has 0 aliphatic rings. The fourth-order valence-corrected chi connectivity index (χ4v) is 4.46. The second-order valence-electron chi connectivity index (χ2n) is 3.30. The van der Waals surface area contributed by atoms with Crippen LogP contribution < -0.4 is 0 Å². The fraction of sp³-hybridized carbons (Fsp3) is 0.444. The molecule has 5 nitrogen and oxygen atoms in total. The molecule has 1 N–H and O–H groups in total. The Hall–Kier alpha value is -0.570. The molecule has 1 aromatic heterocycles. The van der Waals surface area contributed by atoms with Crippen molar-refractivity contribution in [3.63, 3.8) is 0 Å². The zero-order valence-corrected chi connectivity index (χ0v) is 12.0. The average molecular weight is 294 g/mol. The van der Waals surface area contributed by atoms with Gasteiger partial charge in [0.05, 0.1) is 6.61 Å². The molecular weight excluding hydrogens is 280 g/mol. The lowest BCUT2D eigenvalue weighted by molar-refractivity contribution is 0.322. The van der Waals surface area contributed by atoms with Gasteiger partial charge < -0.3 is 10.0 Å². The molecule has 1 heterocycles. The number of rotatable bonds is 6. The van der Waals surface area contributed by atoms with E-state index in [2.05, 4.69) is 4.40 Å². The van der Waals surface area contributed by atoms with Gasteiger partial charge in [-0.05, 0) is 11.4 Å². The van der Waals surface area contributed by atoms with E-state index in [1.54, 1.807) is 30.4 Å². The predicted molar refractivity (Wildman–Crippen MR) is 71.5 cm³/mol. The molecular formula is C9H14N2O3S3. The zero-order valence-electron chi connectivity index (χ0n) is 9.53. The summed E-state index contributed by atoms with van der Waals surface area (Å²) in [4.78, 5) is 2.20. The van der Waals surface area contributed by atoms with E-state index < -0.39 is 10.0 Å². The lowest BCUT2D eigenvalue weighted by Crippen LogP contribution is -2.10. The first-order chi connectivity index (χ1) is 7.97. The number of thiophene rings is 1. The van der Waals surface area contributed by atoms with Crippen molar-refractivity contribution in [2.75, 3.05) is 26.5 Å². The second-order valence-corrected chi connectivity index (χ2v) is 7.18. The van der Waals surface area contributed by atoms with Gasteiger partial charge in [-0.2, -0.15) is 8.42 Å². The third-order valence-electron chi connectivity index (χ3n) is 1.60. The molecule has 0 aromatic carbocycles. The Balaban J connectivity index is 2.95. The molecule has 1 rings (SSSR count). The number of aliphatic hydroxyl groups is 1. The first-order valence-electron chi connectivity index (χ1n) is 4.75. The summed E-state index contributed by atoms with van der Waals surface area (Å²) in [6.45, 7) is 0.0148. The third-order valence-corrected chi connectivity index (χ3v) is 5.58. The number of hydrogen-bond acceptors (Lipinski definition) is 5. The number of sulfonamides is 1. The standard InChI is InChI=1S/C9H14N2O3S3/c1-11(2)7-10-17(13,14)9-8(3-5-16-9)15-6-4-12/h3,5,7,12H,4,6H2,1-2H3/b10-7+. The summed E-state index contributed by atoms with van der Waals surface area (Å²) in [6.07, 6.45) is 1.26. The molecule has 0 fully saturated rings. The summed E-state index contributed by atoms with van der Waals surface area (Å²) in [5.74, 6) is 0.469. The maximum atomic E-state index is 11.9. The Labute approximate surface area is 109 Å². The van der Waals surface area contributed by atoms with Crippen LogP contribution in [0.2, 0.25) is 0 Å². The Bertz CT molecular complexity index is 479. The quantitative estimate of drug-likeness (QED) is 0.483. The van der Waals surface area contributed by atoms with E-state index >= 15 is 0 Å². The van der Waals surface area contributed by atoms with Crippen molar-refractivity contribution in [1.82, 2.24) is 4.90 Å². The molecule has 8 heteroatoms. The lowest BCUT2D eigenvalue weighted by Gasteiger charge is -2.03. The summed E-state index contributed by atoms with van der Waals surface area (Å²) in [5.41, 5.74) is 0. The highest BCUT2D eigenvalue weighted by Crippen LogP contribution is 2.32. The summed E-state index contributed by atoms with van der Waals surface area (Å²) in [6, 6.07) is 1.73. The van der Waals surface area contributed by atoms with Crippen molar-refractivity contribution >= 4 is 39.5 Å². The van der Waals surface area contributed by atoms with Gasteiger partial charge in [-0.1, -0.05) is 0 Å². The smallest absolute Gasteiger partial charge is 0.294 e. The minimum absolute atomic E-state index is 0.0148. The van der Waals surface area contributed by atoms with E-state index in [1.807, 2.05) is 0 Å². The van der Waals surface area contributed by atoms with Gasteiger partial charge in [-0.15, -0.1) is 27.5 Å². The van der Waals surface area contributed by atoms with Crippen molar-refractivity contribution in [3.8, 4) is 0 Å². The molecule has 0 bridgehead atoms. The maximum absolute atomic E-state index is 11.9. The van der Waals surface area contributed by atoms with Crippen LogP contribution in [0, 0.1) is 0 Å². The lowest BCUT2D eigenvalue weighted by atomic mass is 10.7. The molecule has 1 aromatic rings. The monoisotopic (exact) mass is 294 g/mol. The van der Waals surface area contributed by atoms with Crippen LogP contribution in [-0.4, -0.2) is 51.2 Å². The molecule has 0 radical (unpaired) electrons. The van der Waals surface area contributed by atoms with E-state index in [-0.39, 0.29) is 10.8 Å². The van der Waals surface area contributed by atoms with Crippen LogP contribution in [0.3, 0.4) is 0 Å². The van der Waals surface area contributed by atoms with E-state index in [0.29, 0.717) is 10.6 Å². The van der Waals surface area contributed by atoms with Crippen LogP contribution in [0.4, 0.5) is 0 Å². The number of thioether (sulfide) groups is 1. The van der Waals surface area contributed by atoms with Crippen LogP contribution in [0.5, 0.6) is 0 Å². The van der Waals surface area contributed by atoms with Gasteiger partial charge in [0.15, 0.2) is 4.21 Å². The van der Waals surface area contributed by atoms with Gasteiger partial charge in [0.1, 0.15) is 6.34 Å². The zero-order chi connectivity index (χ0) is 12.9. The van der Waals surface area contributed by atoms with Gasteiger partial charge in [0.2, 0.25) is 0 Å². The van der Waals surface area contributed by atoms with Crippen molar-refractivity contribution in [1.29, 1.82) is 0 Å². The summed E-state index contributed by atoms with van der Waals surface area (Å²) >= 11 is 2.44. The second kappa shape index (κ2) is 6.39. The molecule has 0 amide bonds. The summed E-state index contributed by atoms with van der Waals surface area (Å²) in [5, 5.41) is 10.4. The van der Waals surface area contributed by atoms with E-state index in [0.717, 1.165) is 11.3 Å². The normalized spacial score (nSPS) is 12.2. The topological polar surface area (TPSA) is 70.0 Å². The fourth-order valence-electron chi connectivity index (χ4n) is 0.939. The predicted octanol–water partition coefficient (Wildman–Crippen LogP) is 1.11. The molecule has 0 aliphatic carbocycles. The van der Waals surface area contributed by atoms with E-state index in [9.17, 15) is 8.42 Å². The van der Waals surface area contributed by atoms with Crippen LogP contribution in [0.1, 0.15) is 0 Å². The third kappa shape index (κ3) is 4.30. The summed E-state index contributed by atoms with van der Waals surface area (Å²) in [7, 11) is -0.223. The van der Waals surface area contributed by atoms with Crippen LogP contribution in [0.25, 0.3) is 0 Å². The number of aliphatic hydroxyl groups excluding tert-OH is 1. The molecule has 0 unspecified atom stereocenters. The minimum Gasteiger partial charge on any atom is -0.396 e. The number of hydrogen-bond donors (Lipinski definition) is 1. The Morgan fingerprint density at radius 3 is 2.88 bits per heavy atom. The summed E-state index contributed by atoms with van der Waals surface area (Å²) < 4.78 is 27.6. The molecule has 0 saturated carbocycles. The van der Waals surface area contributed by atoms with Gasteiger partial charge in [-0.3, -0.25) is 0 Å². The number of nitrogens with zero attached hydrogens (tertiary/aromatic N) is 2. The highest BCUT2D eigenvalue weighted by Gasteiger charge is 2.19. The van der Waals surface area contributed by atoms with Gasteiger partial charge in [-0.25, -0.2) is 0 Å². The van der Waals surface area contributed by atoms with E-state index in [1.165, 1.54) is 18.1 Å². The van der Waals surface area contributed by atoms with Gasteiger partial charge in [0.25, 0.3) is 10.0 Å². The Morgan fingerprint density at radius 1 is 1.59 bits per heavy atom. The van der Waals surface area contributed by atoms with Gasteiger partial charge in [0, 0.05) is 24.7 Å². The minimum atomic E-state index is -3.63. The molecule has 0 aliphatic heterocycles. The largest absolute Gasteiger partial charge is 0.396 e. The average Bonchev–Trinajstić information content (AvgIpc) is 2.72. The Morgan fingerprint density at radius 2 is 2.29 bits per heavy atom. The van der Waals surface area contributed by atoms with Crippen molar-refractivity contribution in [3.05, 3.63) is 11.4 Å². The van der Waals surface area contributed by atoms with Crippen LogP contribution >= 0.6 is 23.1 Å². The van der Waals surface area contributed by atoms with Crippen LogP contribution in [0.15, 0.2) is 24.9 Å². The van der Waals surface area contributed by atoms with E-state index in [4.69, 9.17) is 5.11 Å². The van der Waals surface area contributed by atoms with Crippen molar-refractivity contribution < 1.29 is 13.5 Å². The van der Waals surface area contributed by atoms with Crippen molar-refractivity contribution in [2.45, 2.75) is 9.10 Å².